The summed E-state index contributed by atoms with van der Waals surface area (Å²) >= 11 is 0. The minimum Gasteiger partial charge on any atom is -0.501 e. The summed E-state index contributed by atoms with van der Waals surface area (Å²) < 4.78 is 5.53. The van der Waals surface area contributed by atoms with Crippen LogP contribution in [0.2, 0.25) is 0 Å². The minimum absolute atomic E-state index is 0.635. The number of methoxy groups -OCH3 is 1. The van der Waals surface area contributed by atoms with Gasteiger partial charge in [0.25, 0.3) is 0 Å². The maximum absolute atomic E-state index is 5.53. The monoisotopic (exact) mass is 314 g/mol. The SMILES string of the molecule is CCC1C[C@H](C)C2C3CCC4=C(CC=C(OC)C4)C3CCC12C. The largest absolute Gasteiger partial charge is 0.501 e. The second-order valence-electron chi connectivity index (χ2n) is 9.08. The molecule has 0 aliphatic heterocycles. The van der Waals surface area contributed by atoms with Crippen LogP contribution >= 0.6 is 0 Å². The molecule has 0 radical (unpaired) electrons. The molecule has 4 aliphatic carbocycles. The van der Waals surface area contributed by atoms with Crippen molar-refractivity contribution in [2.24, 2.45) is 35.0 Å². The van der Waals surface area contributed by atoms with Crippen LogP contribution in [-0.4, -0.2) is 7.11 Å². The second kappa shape index (κ2) is 5.67. The summed E-state index contributed by atoms with van der Waals surface area (Å²) in [6, 6.07) is 0. The Kier molecular flexibility index (Phi) is 3.89. The van der Waals surface area contributed by atoms with Crippen LogP contribution in [0.25, 0.3) is 0 Å². The van der Waals surface area contributed by atoms with E-state index in [2.05, 4.69) is 26.8 Å². The third-order valence-corrected chi connectivity index (χ3v) is 8.31. The van der Waals surface area contributed by atoms with E-state index in [1.807, 2.05) is 12.7 Å². The number of ether oxygens (including phenoxy) is 1. The molecular weight excluding hydrogens is 280 g/mol. The summed E-state index contributed by atoms with van der Waals surface area (Å²) in [5, 5.41) is 0. The third-order valence-electron chi connectivity index (χ3n) is 8.31. The number of rotatable bonds is 2. The van der Waals surface area contributed by atoms with Gasteiger partial charge in [-0.2, -0.15) is 0 Å². The van der Waals surface area contributed by atoms with Crippen molar-refractivity contribution in [3.8, 4) is 0 Å². The summed E-state index contributed by atoms with van der Waals surface area (Å²) in [5.74, 6) is 5.97. The lowest BCUT2D eigenvalue weighted by molar-refractivity contribution is -0.000730. The molecule has 0 bridgehead atoms. The van der Waals surface area contributed by atoms with E-state index in [1.165, 1.54) is 50.7 Å². The number of fused-ring (bicyclic) bond motifs is 4. The number of allylic oxidation sites excluding steroid dienone is 3. The van der Waals surface area contributed by atoms with E-state index in [0.717, 1.165) is 36.0 Å². The Balaban J connectivity index is 1.62. The molecule has 6 atom stereocenters. The summed E-state index contributed by atoms with van der Waals surface area (Å²) in [4.78, 5) is 0. The number of hydrogen-bond acceptors (Lipinski definition) is 1. The predicted octanol–water partition coefficient (Wildman–Crippen LogP) is 6.12. The Labute approximate surface area is 142 Å². The highest BCUT2D eigenvalue weighted by molar-refractivity contribution is 5.32. The molecule has 1 nitrogen and oxygen atoms in total. The fourth-order valence-electron chi connectivity index (χ4n) is 7.37. The molecule has 0 saturated heterocycles. The van der Waals surface area contributed by atoms with Crippen molar-refractivity contribution in [1.29, 1.82) is 0 Å². The fraction of sp³-hybridized carbons (Fsp3) is 0.818. The Morgan fingerprint density at radius 1 is 1.30 bits per heavy atom. The van der Waals surface area contributed by atoms with Gasteiger partial charge in [0.2, 0.25) is 0 Å². The van der Waals surface area contributed by atoms with Gasteiger partial charge in [0, 0.05) is 6.42 Å². The quantitative estimate of drug-likeness (QED) is 0.558. The van der Waals surface area contributed by atoms with Crippen LogP contribution in [-0.2, 0) is 4.74 Å². The lowest BCUT2D eigenvalue weighted by Gasteiger charge is -2.53. The van der Waals surface area contributed by atoms with E-state index >= 15 is 0 Å². The van der Waals surface area contributed by atoms with Crippen molar-refractivity contribution in [2.45, 2.75) is 72.1 Å². The zero-order valence-corrected chi connectivity index (χ0v) is 15.5. The van der Waals surface area contributed by atoms with Crippen molar-refractivity contribution in [1.82, 2.24) is 0 Å². The van der Waals surface area contributed by atoms with Gasteiger partial charge < -0.3 is 4.74 Å². The van der Waals surface area contributed by atoms with E-state index in [1.54, 1.807) is 5.57 Å². The van der Waals surface area contributed by atoms with Crippen molar-refractivity contribution in [3.05, 3.63) is 23.0 Å². The van der Waals surface area contributed by atoms with Gasteiger partial charge >= 0.3 is 0 Å². The molecule has 0 N–H and O–H groups in total. The van der Waals surface area contributed by atoms with Gasteiger partial charge in [-0.3, -0.25) is 0 Å². The topological polar surface area (TPSA) is 9.23 Å². The standard InChI is InChI=1S/C22H34O/c1-5-16-12-14(2)21-20-8-6-15-13-17(23-4)7-9-18(15)19(20)10-11-22(16,21)3/h7,14,16,19-21H,5-6,8-13H2,1-4H3/t14-,16?,19?,20?,21?,22?/m0/s1. The Hall–Kier alpha value is -0.720. The van der Waals surface area contributed by atoms with Crippen molar-refractivity contribution < 1.29 is 4.74 Å². The number of hydrogen-bond donors (Lipinski definition) is 0. The molecule has 5 unspecified atom stereocenters. The summed E-state index contributed by atoms with van der Waals surface area (Å²) in [7, 11) is 1.83. The maximum atomic E-state index is 5.53. The molecule has 0 aromatic rings. The highest BCUT2D eigenvalue weighted by atomic mass is 16.5. The van der Waals surface area contributed by atoms with Gasteiger partial charge in [0.05, 0.1) is 12.9 Å². The molecule has 0 aromatic heterocycles. The second-order valence-corrected chi connectivity index (χ2v) is 9.08. The molecule has 0 aromatic carbocycles. The zero-order chi connectivity index (χ0) is 16.2. The van der Waals surface area contributed by atoms with Gasteiger partial charge in [0.15, 0.2) is 0 Å². The summed E-state index contributed by atoms with van der Waals surface area (Å²) in [6.45, 7) is 7.64. The third kappa shape index (κ3) is 2.25. The van der Waals surface area contributed by atoms with Gasteiger partial charge in [-0.1, -0.05) is 38.3 Å². The molecule has 0 heterocycles. The average Bonchev–Trinajstić information content (AvgIpc) is 2.84. The highest BCUT2D eigenvalue weighted by Crippen LogP contribution is 2.65. The smallest absolute Gasteiger partial charge is 0.0959 e. The summed E-state index contributed by atoms with van der Waals surface area (Å²) in [5.41, 5.74) is 4.21. The highest BCUT2D eigenvalue weighted by Gasteiger charge is 2.57. The van der Waals surface area contributed by atoms with Crippen LogP contribution in [0.15, 0.2) is 23.0 Å². The molecule has 2 saturated carbocycles. The first-order valence-corrected chi connectivity index (χ1v) is 10.0. The lowest BCUT2D eigenvalue weighted by atomic mass is 9.52. The fourth-order valence-corrected chi connectivity index (χ4v) is 7.37. The molecular formula is C22H34O. The van der Waals surface area contributed by atoms with E-state index in [-0.39, 0.29) is 0 Å². The minimum atomic E-state index is 0.635. The van der Waals surface area contributed by atoms with Crippen molar-refractivity contribution in [2.75, 3.05) is 7.11 Å². The first kappa shape index (κ1) is 15.8. The van der Waals surface area contributed by atoms with Crippen LogP contribution in [0, 0.1) is 35.0 Å². The molecule has 4 aliphatic rings. The van der Waals surface area contributed by atoms with Crippen molar-refractivity contribution >= 4 is 0 Å². The van der Waals surface area contributed by atoms with Gasteiger partial charge in [-0.15, -0.1) is 0 Å². The molecule has 0 spiro atoms. The van der Waals surface area contributed by atoms with Gasteiger partial charge in [-0.25, -0.2) is 0 Å². The van der Waals surface area contributed by atoms with E-state index in [9.17, 15) is 0 Å². The van der Waals surface area contributed by atoms with E-state index in [4.69, 9.17) is 4.74 Å². The zero-order valence-electron chi connectivity index (χ0n) is 15.5. The van der Waals surface area contributed by atoms with E-state index in [0.29, 0.717) is 5.41 Å². The first-order valence-electron chi connectivity index (χ1n) is 10.0. The molecule has 2 fully saturated rings. The summed E-state index contributed by atoms with van der Waals surface area (Å²) in [6.07, 6.45) is 13.2. The van der Waals surface area contributed by atoms with Crippen molar-refractivity contribution in [3.63, 3.8) is 0 Å². The lowest BCUT2D eigenvalue weighted by Crippen LogP contribution is -2.45. The average molecular weight is 315 g/mol. The Morgan fingerprint density at radius 2 is 2.13 bits per heavy atom. The van der Waals surface area contributed by atoms with Crippen LogP contribution in [0.4, 0.5) is 0 Å². The van der Waals surface area contributed by atoms with Crippen LogP contribution in [0.5, 0.6) is 0 Å². The Morgan fingerprint density at radius 3 is 2.87 bits per heavy atom. The molecule has 1 heteroatoms. The molecule has 23 heavy (non-hydrogen) atoms. The molecule has 0 amide bonds. The van der Waals surface area contributed by atoms with E-state index < -0.39 is 0 Å². The van der Waals surface area contributed by atoms with Crippen LogP contribution in [0.1, 0.15) is 72.1 Å². The normalized spacial score (nSPS) is 45.9. The maximum Gasteiger partial charge on any atom is 0.0959 e. The first-order chi connectivity index (χ1) is 11.1. The predicted molar refractivity (Wildman–Crippen MR) is 96.0 cm³/mol. The van der Waals surface area contributed by atoms with Crippen LogP contribution in [0.3, 0.4) is 0 Å². The molecule has 128 valence electrons. The van der Waals surface area contributed by atoms with Crippen LogP contribution < -0.4 is 0 Å². The Bertz CT molecular complexity index is 542. The molecule has 4 rings (SSSR count). The van der Waals surface area contributed by atoms with Gasteiger partial charge in [0.1, 0.15) is 0 Å². The van der Waals surface area contributed by atoms with Gasteiger partial charge in [-0.05, 0) is 79.6 Å².